The molecule has 0 radical (unpaired) electrons. The Morgan fingerprint density at radius 2 is 1.92 bits per heavy atom. The molecule has 0 aromatic heterocycles. The summed E-state index contributed by atoms with van der Waals surface area (Å²) in [6.07, 6.45) is 0.404. The summed E-state index contributed by atoms with van der Waals surface area (Å²) < 4.78 is 0. The van der Waals surface area contributed by atoms with Gasteiger partial charge in [0.1, 0.15) is 0 Å². The second-order valence-electron chi connectivity index (χ2n) is 5.88. The maximum atomic E-state index is 12.0. The van der Waals surface area contributed by atoms with Crippen molar-refractivity contribution in [2.45, 2.75) is 18.9 Å². The predicted octanol–water partition coefficient (Wildman–Crippen LogP) is 2.66. The lowest BCUT2D eigenvalue weighted by Crippen LogP contribution is -2.25. The van der Waals surface area contributed by atoms with Gasteiger partial charge < -0.3 is 15.7 Å². The van der Waals surface area contributed by atoms with Crippen molar-refractivity contribution < 1.29 is 14.8 Å². The molecule has 1 unspecified atom stereocenters. The number of nitro groups is 1. The van der Waals surface area contributed by atoms with Crippen molar-refractivity contribution in [1.82, 2.24) is 5.32 Å². The normalized spacial score (nSPS) is 12.9. The minimum atomic E-state index is -1.03. The number of rotatable bonds is 7. The summed E-state index contributed by atoms with van der Waals surface area (Å²) in [5, 5.41) is 27.0. The van der Waals surface area contributed by atoms with Crippen LogP contribution in [0.4, 0.5) is 11.4 Å². The topological polar surface area (TPSA) is 104 Å². The van der Waals surface area contributed by atoms with Crippen LogP contribution in [0.1, 0.15) is 29.3 Å². The zero-order chi connectivity index (χ0) is 18.4. The fourth-order valence-electron chi connectivity index (χ4n) is 2.50. The van der Waals surface area contributed by atoms with Gasteiger partial charge in [-0.15, -0.1) is 0 Å². The molecule has 3 N–H and O–H groups in total. The van der Waals surface area contributed by atoms with Gasteiger partial charge in [0, 0.05) is 31.4 Å². The molecule has 0 heterocycles. The number of hydrogen-bond acceptors (Lipinski definition) is 5. The van der Waals surface area contributed by atoms with Gasteiger partial charge in [0.05, 0.1) is 16.1 Å². The Labute approximate surface area is 145 Å². The van der Waals surface area contributed by atoms with E-state index in [9.17, 15) is 20.0 Å². The largest absolute Gasteiger partial charge is 0.385 e. The van der Waals surface area contributed by atoms with Crippen molar-refractivity contribution >= 4 is 17.3 Å². The number of hydrogen-bond donors (Lipinski definition) is 3. The van der Waals surface area contributed by atoms with E-state index in [0.29, 0.717) is 18.7 Å². The number of nitrogens with zero attached hydrogens (tertiary/aromatic N) is 1. The number of anilines is 1. The molecule has 2 aromatic carbocycles. The zero-order valence-electron chi connectivity index (χ0n) is 14.2. The summed E-state index contributed by atoms with van der Waals surface area (Å²) in [5.41, 5.74) is 0.291. The standard InChI is InChI=1S/C18H21N3O4/c1-18(23,13-6-4-3-5-7-13)10-11-20-16-9-8-14(21(24)25)12-15(16)17(22)19-2/h3-9,12,20,23H,10-11H2,1-2H3,(H,19,22). The molecule has 1 atom stereocenters. The number of aliphatic hydroxyl groups is 1. The maximum Gasteiger partial charge on any atom is 0.270 e. The van der Waals surface area contributed by atoms with E-state index in [0.717, 1.165) is 5.56 Å². The van der Waals surface area contributed by atoms with Crippen LogP contribution in [-0.2, 0) is 5.60 Å². The van der Waals surface area contributed by atoms with Gasteiger partial charge in [-0.1, -0.05) is 30.3 Å². The molecule has 0 saturated carbocycles. The van der Waals surface area contributed by atoms with E-state index in [-0.39, 0.29) is 11.3 Å². The Morgan fingerprint density at radius 3 is 2.52 bits per heavy atom. The Kier molecular flexibility index (Phi) is 5.71. The third kappa shape index (κ3) is 4.54. The molecule has 1 amide bonds. The van der Waals surface area contributed by atoms with Gasteiger partial charge in [0.15, 0.2) is 0 Å². The van der Waals surface area contributed by atoms with E-state index in [1.54, 1.807) is 6.92 Å². The molecule has 0 aliphatic rings. The average Bonchev–Trinajstić information content (AvgIpc) is 2.61. The van der Waals surface area contributed by atoms with Crippen LogP contribution in [0.3, 0.4) is 0 Å². The second kappa shape index (κ2) is 7.76. The first-order valence-electron chi connectivity index (χ1n) is 7.87. The number of nitrogens with one attached hydrogen (secondary N) is 2. The van der Waals surface area contributed by atoms with E-state index < -0.39 is 16.4 Å². The summed E-state index contributed by atoms with van der Waals surface area (Å²) in [5.74, 6) is -0.416. The van der Waals surface area contributed by atoms with Gasteiger partial charge in [-0.2, -0.15) is 0 Å². The van der Waals surface area contributed by atoms with Crippen LogP contribution < -0.4 is 10.6 Å². The first-order valence-corrected chi connectivity index (χ1v) is 7.87. The molecular formula is C18H21N3O4. The lowest BCUT2D eigenvalue weighted by Gasteiger charge is -2.24. The molecule has 132 valence electrons. The molecule has 2 rings (SSSR count). The van der Waals surface area contributed by atoms with Crippen molar-refractivity contribution in [3.63, 3.8) is 0 Å². The van der Waals surface area contributed by atoms with Gasteiger partial charge >= 0.3 is 0 Å². The Bertz CT molecular complexity index is 760. The minimum Gasteiger partial charge on any atom is -0.385 e. The molecule has 7 heteroatoms. The lowest BCUT2D eigenvalue weighted by atomic mass is 9.92. The molecule has 0 spiro atoms. The first kappa shape index (κ1) is 18.4. The van der Waals surface area contributed by atoms with Crippen molar-refractivity contribution in [3.8, 4) is 0 Å². The van der Waals surface area contributed by atoms with E-state index in [2.05, 4.69) is 10.6 Å². The fraction of sp³-hybridized carbons (Fsp3) is 0.278. The van der Waals surface area contributed by atoms with Crippen molar-refractivity contribution in [3.05, 3.63) is 69.8 Å². The van der Waals surface area contributed by atoms with Gasteiger partial charge in [0.2, 0.25) is 0 Å². The van der Waals surface area contributed by atoms with Crippen LogP contribution in [0.2, 0.25) is 0 Å². The van der Waals surface area contributed by atoms with Gasteiger partial charge in [-0.3, -0.25) is 14.9 Å². The monoisotopic (exact) mass is 343 g/mol. The van der Waals surface area contributed by atoms with Gasteiger partial charge in [-0.05, 0) is 25.0 Å². The third-order valence-electron chi connectivity index (χ3n) is 4.01. The molecule has 0 saturated heterocycles. The highest BCUT2D eigenvalue weighted by Crippen LogP contribution is 2.26. The fourth-order valence-corrected chi connectivity index (χ4v) is 2.50. The summed E-state index contributed by atoms with van der Waals surface area (Å²) in [7, 11) is 1.46. The second-order valence-corrected chi connectivity index (χ2v) is 5.88. The number of amides is 1. The number of non-ortho nitro benzene ring substituents is 1. The lowest BCUT2D eigenvalue weighted by molar-refractivity contribution is -0.384. The highest BCUT2D eigenvalue weighted by molar-refractivity contribution is 6.00. The van der Waals surface area contributed by atoms with E-state index >= 15 is 0 Å². The Balaban J connectivity index is 2.12. The van der Waals surface area contributed by atoms with Crippen molar-refractivity contribution in [2.24, 2.45) is 0 Å². The molecule has 0 fully saturated rings. The molecule has 7 nitrogen and oxygen atoms in total. The van der Waals surface area contributed by atoms with Crippen LogP contribution in [0, 0.1) is 10.1 Å². The van der Waals surface area contributed by atoms with Crippen LogP contribution >= 0.6 is 0 Å². The number of benzene rings is 2. The summed E-state index contributed by atoms with van der Waals surface area (Å²) in [6, 6.07) is 13.4. The maximum absolute atomic E-state index is 12.0. The smallest absolute Gasteiger partial charge is 0.270 e. The highest BCUT2D eigenvalue weighted by atomic mass is 16.6. The van der Waals surface area contributed by atoms with E-state index in [1.807, 2.05) is 30.3 Å². The quantitative estimate of drug-likeness (QED) is 0.529. The van der Waals surface area contributed by atoms with Crippen LogP contribution in [0.25, 0.3) is 0 Å². The molecule has 0 aliphatic heterocycles. The van der Waals surface area contributed by atoms with Crippen LogP contribution in [0.15, 0.2) is 48.5 Å². The van der Waals surface area contributed by atoms with Crippen LogP contribution in [0.5, 0.6) is 0 Å². The number of carbonyl (C=O) groups excluding carboxylic acids is 1. The summed E-state index contributed by atoms with van der Waals surface area (Å²) in [6.45, 7) is 2.11. The SMILES string of the molecule is CNC(=O)c1cc([N+](=O)[O-])ccc1NCCC(C)(O)c1ccccc1. The van der Waals surface area contributed by atoms with E-state index in [4.69, 9.17) is 0 Å². The Hall–Kier alpha value is -2.93. The molecular weight excluding hydrogens is 322 g/mol. The number of nitro benzene ring substituents is 1. The predicted molar refractivity (Wildman–Crippen MR) is 95.6 cm³/mol. The zero-order valence-corrected chi connectivity index (χ0v) is 14.2. The van der Waals surface area contributed by atoms with Crippen LogP contribution in [-0.4, -0.2) is 29.5 Å². The minimum absolute atomic E-state index is 0.152. The third-order valence-corrected chi connectivity index (χ3v) is 4.01. The van der Waals surface area contributed by atoms with Crippen molar-refractivity contribution in [2.75, 3.05) is 18.9 Å². The highest BCUT2D eigenvalue weighted by Gasteiger charge is 2.23. The first-order chi connectivity index (χ1) is 11.8. The van der Waals surface area contributed by atoms with E-state index in [1.165, 1.54) is 25.2 Å². The van der Waals surface area contributed by atoms with Crippen molar-refractivity contribution in [1.29, 1.82) is 0 Å². The average molecular weight is 343 g/mol. The molecule has 25 heavy (non-hydrogen) atoms. The molecule has 2 aromatic rings. The summed E-state index contributed by atoms with van der Waals surface area (Å²) >= 11 is 0. The molecule has 0 aliphatic carbocycles. The van der Waals surface area contributed by atoms with Gasteiger partial charge in [-0.25, -0.2) is 0 Å². The number of carbonyl (C=O) groups is 1. The van der Waals surface area contributed by atoms with Gasteiger partial charge in [0.25, 0.3) is 11.6 Å². The summed E-state index contributed by atoms with van der Waals surface area (Å²) in [4.78, 5) is 22.3. The Morgan fingerprint density at radius 1 is 1.24 bits per heavy atom. The molecule has 0 bridgehead atoms.